The van der Waals surface area contributed by atoms with Crippen LogP contribution in [0.4, 0.5) is 5.69 Å². The fourth-order valence-electron chi connectivity index (χ4n) is 4.20. The first-order valence-corrected chi connectivity index (χ1v) is 13.5. The number of rotatable bonds is 10. The summed E-state index contributed by atoms with van der Waals surface area (Å²) < 4.78 is 45.3. The van der Waals surface area contributed by atoms with Gasteiger partial charge in [0.1, 0.15) is 10.9 Å². The first kappa shape index (κ1) is 25.9. The Morgan fingerprint density at radius 1 is 1.11 bits per heavy atom. The van der Waals surface area contributed by atoms with Gasteiger partial charge in [0.05, 0.1) is 31.2 Å². The number of halogens is 1. The molecule has 1 aromatic carbocycles. The Bertz CT molecular complexity index is 1170. The topological polar surface area (TPSA) is 103 Å². The molecule has 2 aromatic rings. The molecule has 1 aliphatic heterocycles. The van der Waals surface area contributed by atoms with Gasteiger partial charge < -0.3 is 19.1 Å². The van der Waals surface area contributed by atoms with Gasteiger partial charge in [-0.05, 0) is 37.5 Å². The molecule has 2 fully saturated rings. The second-order valence-electron chi connectivity index (χ2n) is 8.69. The van der Waals surface area contributed by atoms with Crippen LogP contribution in [-0.2, 0) is 19.5 Å². The molecule has 1 aliphatic carbocycles. The molecule has 0 N–H and O–H groups in total. The largest absolute Gasteiger partial charge is 0.483 e. The first-order valence-electron chi connectivity index (χ1n) is 11.6. The highest BCUT2D eigenvalue weighted by atomic mass is 35.5. The summed E-state index contributed by atoms with van der Waals surface area (Å²) in [6.07, 6.45) is 4.45. The van der Waals surface area contributed by atoms with Gasteiger partial charge in [-0.25, -0.2) is 8.42 Å². The number of hydrogen-bond donors (Lipinski definition) is 0. The summed E-state index contributed by atoms with van der Waals surface area (Å²) in [5.41, 5.74) is 0.750. The summed E-state index contributed by atoms with van der Waals surface area (Å²) >= 11 is 6.12. The van der Waals surface area contributed by atoms with Gasteiger partial charge >= 0.3 is 5.56 Å². The van der Waals surface area contributed by atoms with Gasteiger partial charge in [0, 0.05) is 45.4 Å². The van der Waals surface area contributed by atoms with Crippen LogP contribution in [0.15, 0.2) is 35.3 Å². The van der Waals surface area contributed by atoms with Crippen LogP contribution >= 0.6 is 11.6 Å². The predicted octanol–water partition coefficient (Wildman–Crippen LogP) is 1.93. The summed E-state index contributed by atoms with van der Waals surface area (Å²) in [6, 6.07) is 6.91. The molecule has 1 saturated heterocycles. The molecule has 0 atom stereocenters. The van der Waals surface area contributed by atoms with E-state index in [4.69, 9.17) is 25.8 Å². The number of hydrogen-bond acceptors (Lipinski definition) is 8. The van der Waals surface area contributed by atoms with Crippen LogP contribution in [0.3, 0.4) is 0 Å². The number of aromatic nitrogens is 2. The molecule has 192 valence electrons. The van der Waals surface area contributed by atoms with Crippen molar-refractivity contribution < 1.29 is 22.6 Å². The molecular formula is C23H31ClN4O6S. The van der Waals surface area contributed by atoms with Crippen molar-refractivity contribution >= 4 is 27.3 Å². The van der Waals surface area contributed by atoms with Crippen LogP contribution in [0, 0.1) is 0 Å². The molecule has 0 amide bonds. The van der Waals surface area contributed by atoms with Gasteiger partial charge in [-0.1, -0.05) is 17.7 Å². The summed E-state index contributed by atoms with van der Waals surface area (Å²) in [5, 5.41) is 4.11. The Kier molecular flexibility index (Phi) is 8.33. The Morgan fingerprint density at radius 3 is 2.37 bits per heavy atom. The number of methoxy groups -OCH3 is 2. The van der Waals surface area contributed by atoms with E-state index in [2.05, 4.69) is 5.10 Å². The molecule has 2 heterocycles. The first-order chi connectivity index (χ1) is 16.8. The number of nitrogens with zero attached hydrogens (tertiary/aromatic N) is 4. The lowest BCUT2D eigenvalue weighted by atomic mass is 9.96. The maximum absolute atomic E-state index is 13.4. The van der Waals surface area contributed by atoms with E-state index in [1.54, 1.807) is 30.5 Å². The van der Waals surface area contributed by atoms with Gasteiger partial charge in [0.25, 0.3) is 0 Å². The molecule has 35 heavy (non-hydrogen) atoms. The minimum absolute atomic E-state index is 0.0119. The fraction of sp³-hybridized carbons (Fsp3) is 0.565. The fourth-order valence-corrected chi connectivity index (χ4v) is 6.09. The average molecular weight is 527 g/mol. The van der Waals surface area contributed by atoms with Gasteiger partial charge in [-0.3, -0.25) is 4.79 Å². The van der Waals surface area contributed by atoms with E-state index < -0.39 is 15.3 Å². The lowest BCUT2D eigenvalue weighted by molar-refractivity contribution is 0.118. The lowest BCUT2D eigenvalue weighted by Gasteiger charge is -2.37. The Morgan fingerprint density at radius 2 is 1.80 bits per heavy atom. The summed E-state index contributed by atoms with van der Waals surface area (Å²) in [7, 11) is -0.660. The molecule has 0 bridgehead atoms. The molecule has 1 aromatic heterocycles. The van der Waals surface area contributed by atoms with Gasteiger partial charge in [-0.15, -0.1) is 0 Å². The van der Waals surface area contributed by atoms with E-state index in [-0.39, 0.29) is 43.7 Å². The standard InChI is InChI=1S/C23H31ClN4O6S/c1-32-15-20(16-33-2)35(30,31)27-11-9-26(10-12-27)21-14-25-28(18-6-3-5-17(24)13-18)23(29)22(21)34-19-7-4-8-19/h3,5-6,13-14,19-20H,4,7-12,15-16H2,1-2H3. The second kappa shape index (κ2) is 11.3. The third kappa shape index (κ3) is 5.64. The average Bonchev–Trinajstić information content (AvgIpc) is 2.82. The van der Waals surface area contributed by atoms with Gasteiger partial charge in [0.2, 0.25) is 15.8 Å². The maximum Gasteiger partial charge on any atom is 0.316 e. The Balaban J connectivity index is 1.58. The summed E-state index contributed by atoms with van der Waals surface area (Å²) in [4.78, 5) is 15.4. The van der Waals surface area contributed by atoms with Crippen LogP contribution in [0.2, 0.25) is 5.02 Å². The van der Waals surface area contributed by atoms with E-state index in [0.717, 1.165) is 19.3 Å². The molecule has 1 saturated carbocycles. The van der Waals surface area contributed by atoms with Crippen molar-refractivity contribution in [2.75, 3.05) is 58.5 Å². The lowest BCUT2D eigenvalue weighted by Crippen LogP contribution is -2.53. The minimum atomic E-state index is -3.60. The van der Waals surface area contributed by atoms with Crippen molar-refractivity contribution in [3.05, 3.63) is 45.8 Å². The SMILES string of the molecule is COCC(COC)S(=O)(=O)N1CCN(c2cnn(-c3cccc(Cl)c3)c(=O)c2OC2CCC2)CC1. The smallest absolute Gasteiger partial charge is 0.316 e. The Labute approximate surface area is 210 Å². The molecule has 0 radical (unpaired) electrons. The van der Waals surface area contributed by atoms with Crippen molar-refractivity contribution in [3.8, 4) is 11.4 Å². The van der Waals surface area contributed by atoms with E-state index >= 15 is 0 Å². The van der Waals surface area contributed by atoms with E-state index in [9.17, 15) is 13.2 Å². The summed E-state index contributed by atoms with van der Waals surface area (Å²) in [6.45, 7) is 1.45. The number of sulfonamides is 1. The third-order valence-corrected chi connectivity index (χ3v) is 8.80. The van der Waals surface area contributed by atoms with Crippen molar-refractivity contribution in [1.82, 2.24) is 14.1 Å². The normalized spacial score (nSPS) is 17.5. The molecule has 0 spiro atoms. The zero-order valence-corrected chi connectivity index (χ0v) is 21.5. The summed E-state index contributed by atoms with van der Waals surface area (Å²) in [5.74, 6) is 0.234. The highest BCUT2D eigenvalue weighted by Gasteiger charge is 2.35. The Hall–Kier alpha value is -2.18. The van der Waals surface area contributed by atoms with Crippen LogP contribution < -0.4 is 15.2 Å². The zero-order chi connectivity index (χ0) is 25.0. The quantitative estimate of drug-likeness (QED) is 0.462. The predicted molar refractivity (Wildman–Crippen MR) is 133 cm³/mol. The second-order valence-corrected chi connectivity index (χ2v) is 11.3. The van der Waals surface area contributed by atoms with E-state index in [0.29, 0.717) is 29.5 Å². The van der Waals surface area contributed by atoms with E-state index in [1.165, 1.54) is 23.2 Å². The van der Waals surface area contributed by atoms with Crippen LogP contribution in [0.25, 0.3) is 5.69 Å². The monoisotopic (exact) mass is 526 g/mol. The van der Waals surface area contributed by atoms with Gasteiger partial charge in [-0.2, -0.15) is 14.1 Å². The molecule has 4 rings (SSSR count). The number of ether oxygens (including phenoxy) is 3. The maximum atomic E-state index is 13.4. The van der Waals surface area contributed by atoms with Crippen molar-refractivity contribution in [1.29, 1.82) is 0 Å². The molecular weight excluding hydrogens is 496 g/mol. The van der Waals surface area contributed by atoms with Gasteiger partial charge in [0.15, 0.2) is 0 Å². The third-order valence-electron chi connectivity index (χ3n) is 6.37. The molecule has 12 heteroatoms. The highest BCUT2D eigenvalue weighted by Crippen LogP contribution is 2.31. The van der Waals surface area contributed by atoms with E-state index in [1.807, 2.05) is 4.90 Å². The van der Waals surface area contributed by atoms with Crippen LogP contribution in [0.5, 0.6) is 5.75 Å². The molecule has 2 aliphatic rings. The molecule has 10 nitrogen and oxygen atoms in total. The number of benzene rings is 1. The van der Waals surface area contributed by atoms with Crippen molar-refractivity contribution in [3.63, 3.8) is 0 Å². The highest BCUT2D eigenvalue weighted by molar-refractivity contribution is 7.89. The van der Waals surface area contributed by atoms with Crippen molar-refractivity contribution in [2.24, 2.45) is 0 Å². The zero-order valence-electron chi connectivity index (χ0n) is 19.9. The minimum Gasteiger partial charge on any atom is -0.483 e. The number of anilines is 1. The number of piperazine rings is 1. The van der Waals surface area contributed by atoms with Crippen LogP contribution in [0.1, 0.15) is 19.3 Å². The molecule has 0 unspecified atom stereocenters. The van der Waals surface area contributed by atoms with Crippen LogP contribution in [-0.4, -0.2) is 87.5 Å². The van der Waals surface area contributed by atoms with Crippen molar-refractivity contribution in [2.45, 2.75) is 30.6 Å².